The highest BCUT2D eigenvalue weighted by Gasteiger charge is 2.36. The predicted molar refractivity (Wildman–Crippen MR) is 123 cm³/mol. The van der Waals surface area contributed by atoms with Crippen molar-refractivity contribution in [1.82, 2.24) is 4.90 Å². The standard InChI is InChI=1S/C22H21N3O7S/c1-4-32-17-9-14(8-16(20(17)27)25(30)31)10-18-21(28)24(22(29)33-18)11-19(26)23-15-6-12(2)5-13(3)7-15/h5-10,27H,4,11H2,1-3H3,(H,23,26)/b18-10-. The highest BCUT2D eigenvalue weighted by atomic mass is 32.2. The van der Waals surface area contributed by atoms with Crippen molar-refractivity contribution in [1.29, 1.82) is 0 Å². The molecule has 0 saturated carbocycles. The molecule has 33 heavy (non-hydrogen) atoms. The summed E-state index contributed by atoms with van der Waals surface area (Å²) < 4.78 is 5.22. The molecule has 1 aliphatic rings. The van der Waals surface area contributed by atoms with Crippen molar-refractivity contribution in [3.63, 3.8) is 0 Å². The fraction of sp³-hybridized carbons (Fsp3) is 0.227. The number of phenolic OH excluding ortho intramolecular Hbond substituents is 1. The Kier molecular flexibility index (Phi) is 7.02. The number of phenols is 1. The van der Waals surface area contributed by atoms with Crippen LogP contribution in [0.2, 0.25) is 0 Å². The van der Waals surface area contributed by atoms with Gasteiger partial charge in [-0.3, -0.25) is 29.4 Å². The second-order valence-corrected chi connectivity index (χ2v) is 8.26. The molecule has 1 saturated heterocycles. The van der Waals surface area contributed by atoms with E-state index in [1.807, 2.05) is 19.9 Å². The number of hydrogen-bond acceptors (Lipinski definition) is 8. The van der Waals surface area contributed by atoms with Crippen molar-refractivity contribution < 1.29 is 29.2 Å². The van der Waals surface area contributed by atoms with Crippen LogP contribution in [0.5, 0.6) is 11.5 Å². The number of nitrogens with one attached hydrogen (secondary N) is 1. The third kappa shape index (κ3) is 5.50. The summed E-state index contributed by atoms with van der Waals surface area (Å²) in [5.41, 5.74) is 2.05. The minimum atomic E-state index is -0.779. The number of carbonyl (C=O) groups excluding carboxylic acids is 3. The molecule has 0 aliphatic carbocycles. The average molecular weight is 471 g/mol. The number of benzene rings is 2. The largest absolute Gasteiger partial charge is 0.500 e. The van der Waals surface area contributed by atoms with Crippen LogP contribution in [0.4, 0.5) is 16.2 Å². The second-order valence-electron chi connectivity index (χ2n) is 7.27. The highest BCUT2D eigenvalue weighted by molar-refractivity contribution is 8.18. The lowest BCUT2D eigenvalue weighted by Gasteiger charge is -2.13. The van der Waals surface area contributed by atoms with Crippen LogP contribution in [0.1, 0.15) is 23.6 Å². The Morgan fingerprint density at radius 3 is 2.48 bits per heavy atom. The number of amides is 3. The van der Waals surface area contributed by atoms with Gasteiger partial charge in [-0.2, -0.15) is 0 Å². The number of aromatic hydroxyl groups is 1. The van der Waals surface area contributed by atoms with Crippen LogP contribution >= 0.6 is 11.8 Å². The first-order chi connectivity index (χ1) is 15.6. The quantitative estimate of drug-likeness (QED) is 0.351. The number of ether oxygens (including phenoxy) is 1. The summed E-state index contributed by atoms with van der Waals surface area (Å²) in [6.07, 6.45) is 1.28. The zero-order chi connectivity index (χ0) is 24.3. The van der Waals surface area contributed by atoms with E-state index in [0.717, 1.165) is 22.1 Å². The zero-order valence-electron chi connectivity index (χ0n) is 18.1. The van der Waals surface area contributed by atoms with Crippen LogP contribution in [0.15, 0.2) is 35.2 Å². The zero-order valence-corrected chi connectivity index (χ0v) is 18.9. The van der Waals surface area contributed by atoms with Crippen molar-refractivity contribution in [3.8, 4) is 11.5 Å². The number of carbonyl (C=O) groups is 3. The summed E-state index contributed by atoms with van der Waals surface area (Å²) in [5, 5.41) is 23.3. The number of nitro groups is 1. The maximum Gasteiger partial charge on any atom is 0.315 e. The van der Waals surface area contributed by atoms with Crippen molar-refractivity contribution in [2.75, 3.05) is 18.5 Å². The molecular formula is C22H21N3O7S. The normalized spacial score (nSPS) is 14.6. The molecule has 1 aliphatic heterocycles. The molecule has 2 aromatic rings. The van der Waals surface area contributed by atoms with Crippen molar-refractivity contribution in [2.45, 2.75) is 20.8 Å². The lowest BCUT2D eigenvalue weighted by Crippen LogP contribution is -2.36. The average Bonchev–Trinajstić information content (AvgIpc) is 2.96. The van der Waals surface area contributed by atoms with Gasteiger partial charge in [-0.15, -0.1) is 0 Å². The molecule has 0 bridgehead atoms. The van der Waals surface area contributed by atoms with Gasteiger partial charge in [0.1, 0.15) is 6.54 Å². The lowest BCUT2D eigenvalue weighted by atomic mass is 10.1. The maximum atomic E-state index is 12.7. The van der Waals surface area contributed by atoms with Gasteiger partial charge in [0, 0.05) is 11.8 Å². The Labute approximate surface area is 193 Å². The fourth-order valence-electron chi connectivity index (χ4n) is 3.28. The first kappa shape index (κ1) is 23.8. The molecule has 172 valence electrons. The molecule has 0 atom stereocenters. The summed E-state index contributed by atoms with van der Waals surface area (Å²) in [7, 11) is 0. The minimum absolute atomic E-state index is 0.0124. The third-order valence-corrected chi connectivity index (χ3v) is 5.46. The molecule has 2 aromatic carbocycles. The van der Waals surface area contributed by atoms with Gasteiger partial charge in [0.15, 0.2) is 5.75 Å². The molecule has 0 radical (unpaired) electrons. The molecular weight excluding hydrogens is 450 g/mol. The molecule has 1 heterocycles. The first-order valence-corrected chi connectivity index (χ1v) is 10.7. The van der Waals surface area contributed by atoms with Crippen LogP contribution < -0.4 is 10.1 Å². The smallest absolute Gasteiger partial charge is 0.315 e. The van der Waals surface area contributed by atoms with Gasteiger partial charge >= 0.3 is 5.69 Å². The van der Waals surface area contributed by atoms with E-state index in [1.165, 1.54) is 12.1 Å². The van der Waals surface area contributed by atoms with Crippen molar-refractivity contribution >= 4 is 46.3 Å². The van der Waals surface area contributed by atoms with E-state index < -0.39 is 40.0 Å². The molecule has 11 heteroatoms. The summed E-state index contributed by atoms with van der Waals surface area (Å²) >= 11 is 0.613. The topological polar surface area (TPSA) is 139 Å². The Morgan fingerprint density at radius 2 is 1.88 bits per heavy atom. The van der Waals surface area contributed by atoms with Gasteiger partial charge in [-0.1, -0.05) is 6.07 Å². The van der Waals surface area contributed by atoms with Crippen LogP contribution in [-0.4, -0.2) is 45.1 Å². The van der Waals surface area contributed by atoms with Crippen molar-refractivity contribution in [2.24, 2.45) is 0 Å². The highest BCUT2D eigenvalue weighted by Crippen LogP contribution is 2.39. The number of imide groups is 1. The number of anilines is 1. The van der Waals surface area contributed by atoms with E-state index in [1.54, 1.807) is 19.1 Å². The van der Waals surface area contributed by atoms with Crippen LogP contribution in [0, 0.1) is 24.0 Å². The molecule has 0 spiro atoms. The third-order valence-electron chi connectivity index (χ3n) is 4.55. The fourth-order valence-corrected chi connectivity index (χ4v) is 4.12. The number of rotatable bonds is 7. The molecule has 3 rings (SSSR count). The minimum Gasteiger partial charge on any atom is -0.500 e. The van der Waals surface area contributed by atoms with E-state index in [0.29, 0.717) is 17.4 Å². The summed E-state index contributed by atoms with van der Waals surface area (Å²) in [6, 6.07) is 7.88. The number of hydrogen-bond donors (Lipinski definition) is 2. The first-order valence-electron chi connectivity index (χ1n) is 9.86. The van der Waals surface area contributed by atoms with Gasteiger partial charge in [-0.05, 0) is 73.5 Å². The Hall–Kier alpha value is -3.86. The van der Waals surface area contributed by atoms with E-state index >= 15 is 0 Å². The van der Waals surface area contributed by atoms with Gasteiger partial charge in [-0.25, -0.2) is 0 Å². The number of nitrogens with zero attached hydrogens (tertiary/aromatic N) is 2. The van der Waals surface area contributed by atoms with E-state index in [4.69, 9.17) is 4.74 Å². The van der Waals surface area contributed by atoms with E-state index in [-0.39, 0.29) is 22.8 Å². The monoisotopic (exact) mass is 471 g/mol. The van der Waals surface area contributed by atoms with Crippen molar-refractivity contribution in [3.05, 3.63) is 62.0 Å². The number of nitro benzene ring substituents is 1. The number of thioether (sulfide) groups is 1. The number of aryl methyl sites for hydroxylation is 2. The lowest BCUT2D eigenvalue weighted by molar-refractivity contribution is -0.386. The molecule has 0 unspecified atom stereocenters. The summed E-state index contributed by atoms with van der Waals surface area (Å²) in [6.45, 7) is 5.09. The van der Waals surface area contributed by atoms with E-state index in [2.05, 4.69) is 5.32 Å². The second kappa shape index (κ2) is 9.74. The maximum absolute atomic E-state index is 12.7. The Bertz CT molecular complexity index is 1170. The van der Waals surface area contributed by atoms with Crippen LogP contribution in [-0.2, 0) is 9.59 Å². The Balaban J connectivity index is 1.80. The molecule has 0 aromatic heterocycles. The van der Waals surface area contributed by atoms with Crippen LogP contribution in [0.25, 0.3) is 6.08 Å². The Morgan fingerprint density at radius 1 is 1.21 bits per heavy atom. The van der Waals surface area contributed by atoms with E-state index in [9.17, 15) is 29.6 Å². The SMILES string of the molecule is CCOc1cc(/C=C2\SC(=O)N(CC(=O)Nc3cc(C)cc(C)c3)C2=O)cc([N+](=O)[O-])c1O. The predicted octanol–water partition coefficient (Wildman–Crippen LogP) is 3.99. The van der Waals surface area contributed by atoms with Gasteiger partial charge < -0.3 is 15.2 Å². The molecule has 1 fully saturated rings. The molecule has 2 N–H and O–H groups in total. The molecule has 10 nitrogen and oxygen atoms in total. The van der Waals surface area contributed by atoms with Crippen LogP contribution in [0.3, 0.4) is 0 Å². The summed E-state index contributed by atoms with van der Waals surface area (Å²) in [4.78, 5) is 48.8. The van der Waals surface area contributed by atoms with Gasteiger partial charge in [0.05, 0.1) is 16.4 Å². The molecule has 3 amide bonds. The summed E-state index contributed by atoms with van der Waals surface area (Å²) in [5.74, 6) is -1.99. The van der Waals surface area contributed by atoms with Gasteiger partial charge in [0.2, 0.25) is 11.7 Å². The van der Waals surface area contributed by atoms with Gasteiger partial charge in [0.25, 0.3) is 11.1 Å².